The second-order valence-corrected chi connectivity index (χ2v) is 14.0. The van der Waals surface area contributed by atoms with Crippen LogP contribution in [0.4, 0.5) is 0 Å². The third-order valence-corrected chi connectivity index (χ3v) is 7.97. The lowest BCUT2D eigenvalue weighted by Crippen LogP contribution is -2.29. The van der Waals surface area contributed by atoms with Crippen molar-refractivity contribution < 1.29 is 48.2 Å². The predicted molar refractivity (Wildman–Crippen MR) is 191 cm³/mol. The van der Waals surface area contributed by atoms with Gasteiger partial charge < -0.3 is 29.5 Å². The quantitative estimate of drug-likeness (QED) is 0.0240. The molecule has 3 atom stereocenters. The van der Waals surface area contributed by atoms with Crippen LogP contribution in [0.5, 0.6) is 0 Å². The summed E-state index contributed by atoms with van der Waals surface area (Å²) in [6.45, 7) is 5.62. The zero-order chi connectivity index (χ0) is 35.9. The van der Waals surface area contributed by atoms with Gasteiger partial charge in [-0.15, -0.1) is 0 Å². The largest absolute Gasteiger partial charge is 0.469 e. The summed E-state index contributed by atoms with van der Waals surface area (Å²) in [5, 5.41) is 20.0. The normalized spacial score (nSPS) is 14.5. The number of unbranched alkanes of at least 4 members (excludes halogenated alkanes) is 9. The Morgan fingerprint density at radius 1 is 0.667 bits per heavy atom. The lowest BCUT2D eigenvalue weighted by atomic mass is 10.0. The summed E-state index contributed by atoms with van der Waals surface area (Å²) in [6.07, 6.45) is 27.9. The molecule has 0 aliphatic rings. The number of aliphatic hydroxyl groups is 2. The lowest BCUT2D eigenvalue weighted by Gasteiger charge is -2.18. The maximum absolute atomic E-state index is 12.3. The first-order valence-electron chi connectivity index (χ1n) is 18.0. The smallest absolute Gasteiger partial charge is 0.462 e. The summed E-state index contributed by atoms with van der Waals surface area (Å²) in [6, 6.07) is 0. The van der Waals surface area contributed by atoms with E-state index >= 15 is 0 Å². The summed E-state index contributed by atoms with van der Waals surface area (Å²) < 4.78 is 26.1. The van der Waals surface area contributed by atoms with Gasteiger partial charge in [0, 0.05) is 12.8 Å². The zero-order valence-electron chi connectivity index (χ0n) is 29.8. The van der Waals surface area contributed by atoms with Crippen LogP contribution in [-0.4, -0.2) is 63.5 Å². The molecule has 0 aliphatic carbocycles. The monoisotopic (exact) mass is 700 g/mol. The highest BCUT2D eigenvalue weighted by atomic mass is 31.2. The second kappa shape index (κ2) is 30.9. The number of carbonyl (C=O) groups is 2. The Morgan fingerprint density at radius 2 is 1.19 bits per heavy atom. The Balaban J connectivity index is 4.27. The molecule has 11 heteroatoms. The van der Waals surface area contributed by atoms with E-state index in [4.69, 9.17) is 19.3 Å². The SMILES string of the molecule is CCCCC[C@H](O)/C=C/C=C\C/C=C\C=C\[C@H](O)CCCC(=O)OC[C@H](COP(=O)(O)O)OC(=O)CCCCCCCCCCC(C)C. The maximum atomic E-state index is 12.3. The van der Waals surface area contributed by atoms with Crippen molar-refractivity contribution in [3.8, 4) is 0 Å². The van der Waals surface area contributed by atoms with Crippen LogP contribution in [0.1, 0.15) is 136 Å². The average molecular weight is 701 g/mol. The van der Waals surface area contributed by atoms with Crippen LogP contribution in [-0.2, 0) is 28.2 Å². The number of hydrogen-bond acceptors (Lipinski definition) is 8. The highest BCUT2D eigenvalue weighted by molar-refractivity contribution is 7.46. The van der Waals surface area contributed by atoms with E-state index in [1.807, 2.05) is 30.4 Å². The molecule has 0 saturated heterocycles. The number of allylic oxidation sites excluding steroid dienone is 6. The van der Waals surface area contributed by atoms with Gasteiger partial charge in [0.1, 0.15) is 6.61 Å². The van der Waals surface area contributed by atoms with Gasteiger partial charge in [0.15, 0.2) is 6.10 Å². The molecule has 0 rings (SSSR count). The Labute approximate surface area is 290 Å². The molecule has 0 unspecified atom stereocenters. The van der Waals surface area contributed by atoms with Crippen molar-refractivity contribution in [3.05, 3.63) is 48.6 Å². The minimum atomic E-state index is -4.80. The van der Waals surface area contributed by atoms with E-state index in [0.29, 0.717) is 25.7 Å². The summed E-state index contributed by atoms with van der Waals surface area (Å²) in [5.74, 6) is -0.368. The van der Waals surface area contributed by atoms with Crippen LogP contribution in [0.15, 0.2) is 48.6 Å². The Bertz CT molecular complexity index is 969. The molecule has 4 N–H and O–H groups in total. The van der Waals surface area contributed by atoms with Gasteiger partial charge in [0.2, 0.25) is 0 Å². The third-order valence-electron chi connectivity index (χ3n) is 7.49. The van der Waals surface area contributed by atoms with Crippen LogP contribution in [0.25, 0.3) is 0 Å². The van der Waals surface area contributed by atoms with Crippen molar-refractivity contribution in [3.63, 3.8) is 0 Å². The van der Waals surface area contributed by atoms with Crippen molar-refractivity contribution in [2.75, 3.05) is 13.2 Å². The molecule has 0 aromatic rings. The highest BCUT2D eigenvalue weighted by Gasteiger charge is 2.23. The molecule has 0 aromatic carbocycles. The molecule has 0 radical (unpaired) electrons. The van der Waals surface area contributed by atoms with Crippen LogP contribution in [0.3, 0.4) is 0 Å². The van der Waals surface area contributed by atoms with Crippen molar-refractivity contribution in [1.29, 1.82) is 0 Å². The first-order chi connectivity index (χ1) is 22.9. The van der Waals surface area contributed by atoms with Gasteiger partial charge in [-0.25, -0.2) is 4.57 Å². The van der Waals surface area contributed by atoms with Gasteiger partial charge in [0.05, 0.1) is 18.8 Å². The number of phosphoric ester groups is 1. The number of phosphoric acid groups is 1. The average Bonchev–Trinajstić information content (AvgIpc) is 3.02. The molecular weight excluding hydrogens is 635 g/mol. The van der Waals surface area contributed by atoms with Crippen LogP contribution >= 0.6 is 7.82 Å². The molecule has 0 bridgehead atoms. The summed E-state index contributed by atoms with van der Waals surface area (Å²) in [7, 11) is -4.80. The fourth-order valence-corrected chi connectivity index (χ4v) is 5.07. The summed E-state index contributed by atoms with van der Waals surface area (Å²) in [5.41, 5.74) is 0. The molecule has 278 valence electrons. The Hall–Kier alpha value is -2.07. The van der Waals surface area contributed by atoms with Gasteiger partial charge in [-0.05, 0) is 38.0 Å². The standard InChI is InChI=1S/C37H65O10P/c1-4-5-17-24-33(38)25-19-14-10-8-11-15-20-26-34(39)27-22-29-36(40)45-30-35(31-46-48(42,43)44)47-37(41)28-21-16-12-7-6-9-13-18-23-32(2)3/h10-11,14-15,19-20,25-26,32-35,38-39H,4-9,12-13,16-18,21-24,27-31H2,1-3H3,(H2,42,43,44)/b14-10-,15-11-,25-19+,26-20+/t33-,34-,35+/m0/s1. The number of hydrogen-bond donors (Lipinski definition) is 4. The number of ether oxygens (including phenoxy) is 2. The molecule has 0 aliphatic heterocycles. The molecule has 0 spiro atoms. The van der Waals surface area contributed by atoms with Crippen molar-refractivity contribution in [2.45, 2.75) is 155 Å². The van der Waals surface area contributed by atoms with E-state index in [2.05, 4.69) is 25.3 Å². The topological polar surface area (TPSA) is 160 Å². The first kappa shape index (κ1) is 45.9. The molecule has 0 amide bonds. The highest BCUT2D eigenvalue weighted by Crippen LogP contribution is 2.36. The van der Waals surface area contributed by atoms with Gasteiger partial charge in [0.25, 0.3) is 0 Å². The van der Waals surface area contributed by atoms with E-state index in [1.54, 1.807) is 18.2 Å². The molecule has 0 saturated carbocycles. The van der Waals surface area contributed by atoms with Crippen molar-refractivity contribution in [2.24, 2.45) is 5.92 Å². The Morgan fingerprint density at radius 3 is 1.75 bits per heavy atom. The maximum Gasteiger partial charge on any atom is 0.469 e. The molecule has 48 heavy (non-hydrogen) atoms. The van der Waals surface area contributed by atoms with Gasteiger partial charge in [-0.1, -0.05) is 140 Å². The van der Waals surface area contributed by atoms with E-state index < -0.39 is 51.3 Å². The minimum Gasteiger partial charge on any atom is -0.462 e. The van der Waals surface area contributed by atoms with E-state index in [9.17, 15) is 24.4 Å². The second-order valence-electron chi connectivity index (χ2n) is 12.7. The van der Waals surface area contributed by atoms with Crippen molar-refractivity contribution in [1.82, 2.24) is 0 Å². The fraction of sp³-hybridized carbons (Fsp3) is 0.730. The molecule has 10 nitrogen and oxygen atoms in total. The Kier molecular flexibility index (Phi) is 29.6. The number of esters is 2. The fourth-order valence-electron chi connectivity index (χ4n) is 4.71. The van der Waals surface area contributed by atoms with Gasteiger partial charge >= 0.3 is 19.8 Å². The molecule has 0 heterocycles. The van der Waals surface area contributed by atoms with E-state index in [0.717, 1.165) is 50.9 Å². The molecule has 0 fully saturated rings. The number of rotatable bonds is 31. The summed E-state index contributed by atoms with van der Waals surface area (Å²) >= 11 is 0. The van der Waals surface area contributed by atoms with E-state index in [1.165, 1.54) is 32.1 Å². The van der Waals surface area contributed by atoms with Crippen molar-refractivity contribution >= 4 is 19.8 Å². The third kappa shape index (κ3) is 33.8. The predicted octanol–water partition coefficient (Wildman–Crippen LogP) is 8.20. The van der Waals surface area contributed by atoms with Crippen LogP contribution in [0.2, 0.25) is 0 Å². The van der Waals surface area contributed by atoms with E-state index in [-0.39, 0.29) is 12.8 Å². The van der Waals surface area contributed by atoms with Gasteiger partial charge in [-0.2, -0.15) is 0 Å². The number of carbonyl (C=O) groups excluding carboxylic acids is 2. The molecular formula is C37H65O10P. The first-order valence-corrected chi connectivity index (χ1v) is 19.5. The zero-order valence-corrected chi connectivity index (χ0v) is 30.7. The van der Waals surface area contributed by atoms with Gasteiger partial charge in [-0.3, -0.25) is 14.1 Å². The minimum absolute atomic E-state index is 0.0180. The van der Waals surface area contributed by atoms with Crippen LogP contribution < -0.4 is 0 Å². The lowest BCUT2D eigenvalue weighted by molar-refractivity contribution is -0.161. The van der Waals surface area contributed by atoms with Crippen LogP contribution in [0, 0.1) is 5.92 Å². The summed E-state index contributed by atoms with van der Waals surface area (Å²) in [4.78, 5) is 42.6. The molecule has 0 aromatic heterocycles. The number of aliphatic hydroxyl groups excluding tert-OH is 2.